The standard InChI is InChI=1S/C9H20N2O2/c1-8(5-10-2)11-6-9-7-12-3-4-13-9/h8-11H,3-7H2,1-2H3. The maximum Gasteiger partial charge on any atom is 0.0933 e. The van der Waals surface area contributed by atoms with Gasteiger partial charge in [-0.15, -0.1) is 0 Å². The van der Waals surface area contributed by atoms with Crippen molar-refractivity contribution < 1.29 is 9.47 Å². The molecular formula is C9H20N2O2. The molecule has 1 saturated heterocycles. The second kappa shape index (κ2) is 6.32. The van der Waals surface area contributed by atoms with Gasteiger partial charge >= 0.3 is 0 Å². The minimum atomic E-state index is 0.230. The van der Waals surface area contributed by atoms with Crippen molar-refractivity contribution in [1.29, 1.82) is 0 Å². The van der Waals surface area contributed by atoms with Crippen molar-refractivity contribution in [3.63, 3.8) is 0 Å². The van der Waals surface area contributed by atoms with Crippen LogP contribution in [-0.4, -0.2) is 52.1 Å². The first kappa shape index (κ1) is 10.9. The zero-order chi connectivity index (χ0) is 9.52. The van der Waals surface area contributed by atoms with Gasteiger partial charge in [0.25, 0.3) is 0 Å². The van der Waals surface area contributed by atoms with Crippen molar-refractivity contribution in [2.45, 2.75) is 19.1 Å². The largest absolute Gasteiger partial charge is 0.376 e. The number of hydrogen-bond donors (Lipinski definition) is 2. The van der Waals surface area contributed by atoms with E-state index in [1.54, 1.807) is 0 Å². The molecule has 1 heterocycles. The molecule has 2 atom stereocenters. The van der Waals surface area contributed by atoms with Crippen molar-refractivity contribution in [2.24, 2.45) is 0 Å². The minimum absolute atomic E-state index is 0.230. The second-order valence-corrected chi connectivity index (χ2v) is 3.43. The van der Waals surface area contributed by atoms with Gasteiger partial charge in [0.15, 0.2) is 0 Å². The van der Waals surface area contributed by atoms with Crippen LogP contribution < -0.4 is 10.6 Å². The summed E-state index contributed by atoms with van der Waals surface area (Å²) in [6.07, 6.45) is 0.230. The zero-order valence-electron chi connectivity index (χ0n) is 8.51. The van der Waals surface area contributed by atoms with E-state index < -0.39 is 0 Å². The highest BCUT2D eigenvalue weighted by Gasteiger charge is 2.14. The van der Waals surface area contributed by atoms with Gasteiger partial charge in [-0.05, 0) is 14.0 Å². The number of nitrogens with one attached hydrogen (secondary N) is 2. The highest BCUT2D eigenvalue weighted by atomic mass is 16.6. The van der Waals surface area contributed by atoms with Crippen molar-refractivity contribution in [2.75, 3.05) is 40.0 Å². The maximum atomic E-state index is 5.50. The molecule has 0 aromatic heterocycles. The lowest BCUT2D eigenvalue weighted by atomic mass is 10.3. The van der Waals surface area contributed by atoms with E-state index in [-0.39, 0.29) is 6.10 Å². The summed E-state index contributed by atoms with van der Waals surface area (Å²) in [4.78, 5) is 0. The molecule has 78 valence electrons. The lowest BCUT2D eigenvalue weighted by Gasteiger charge is -2.24. The molecule has 4 heteroatoms. The normalized spacial score (nSPS) is 25.8. The Hall–Kier alpha value is -0.160. The average molecular weight is 188 g/mol. The topological polar surface area (TPSA) is 42.5 Å². The summed E-state index contributed by atoms with van der Waals surface area (Å²) < 4.78 is 10.8. The van der Waals surface area contributed by atoms with Crippen LogP contribution in [0.25, 0.3) is 0 Å². The third-order valence-corrected chi connectivity index (χ3v) is 2.09. The zero-order valence-corrected chi connectivity index (χ0v) is 8.51. The molecule has 1 aliphatic rings. The maximum absolute atomic E-state index is 5.50. The first-order valence-electron chi connectivity index (χ1n) is 4.90. The van der Waals surface area contributed by atoms with E-state index in [1.165, 1.54) is 0 Å². The Morgan fingerprint density at radius 2 is 2.31 bits per heavy atom. The van der Waals surface area contributed by atoms with Gasteiger partial charge in [0.1, 0.15) is 0 Å². The highest BCUT2D eigenvalue weighted by Crippen LogP contribution is 1.99. The van der Waals surface area contributed by atoms with Crippen LogP contribution in [0.3, 0.4) is 0 Å². The van der Waals surface area contributed by atoms with Crippen LogP contribution in [0.1, 0.15) is 6.92 Å². The van der Waals surface area contributed by atoms with Gasteiger partial charge in [0.05, 0.1) is 25.9 Å². The van der Waals surface area contributed by atoms with E-state index in [2.05, 4.69) is 17.6 Å². The summed E-state index contributed by atoms with van der Waals surface area (Å²) in [5.74, 6) is 0. The van der Waals surface area contributed by atoms with E-state index in [0.717, 1.165) is 32.9 Å². The fourth-order valence-electron chi connectivity index (χ4n) is 1.37. The summed E-state index contributed by atoms with van der Waals surface area (Å²) in [5, 5.41) is 6.51. The molecule has 0 aromatic rings. The molecule has 0 saturated carbocycles. The van der Waals surface area contributed by atoms with E-state index in [1.807, 2.05) is 7.05 Å². The summed E-state index contributed by atoms with van der Waals surface area (Å²) in [7, 11) is 1.96. The average Bonchev–Trinajstić information content (AvgIpc) is 2.17. The molecule has 1 rings (SSSR count). The number of likely N-dealkylation sites (N-methyl/N-ethyl adjacent to an activating group) is 1. The summed E-state index contributed by atoms with van der Waals surface area (Å²) in [6.45, 7) is 6.20. The molecule has 0 aliphatic carbocycles. The molecule has 1 aliphatic heterocycles. The van der Waals surface area contributed by atoms with Crippen LogP contribution in [0.15, 0.2) is 0 Å². The molecule has 1 fully saturated rings. The predicted molar refractivity (Wildman–Crippen MR) is 52.0 cm³/mol. The van der Waals surface area contributed by atoms with E-state index >= 15 is 0 Å². The number of rotatable bonds is 5. The first-order valence-corrected chi connectivity index (χ1v) is 4.90. The molecule has 0 radical (unpaired) electrons. The van der Waals surface area contributed by atoms with Gasteiger partial charge in [-0.1, -0.05) is 0 Å². The third kappa shape index (κ3) is 4.57. The third-order valence-electron chi connectivity index (χ3n) is 2.09. The predicted octanol–water partition coefficient (Wildman–Crippen LogP) is -0.401. The van der Waals surface area contributed by atoms with Crippen LogP contribution >= 0.6 is 0 Å². The Balaban J connectivity index is 2.03. The van der Waals surface area contributed by atoms with Gasteiger partial charge in [-0.3, -0.25) is 0 Å². The monoisotopic (exact) mass is 188 g/mol. The Labute approximate surface area is 80.0 Å². The molecule has 0 spiro atoms. The van der Waals surface area contributed by atoms with Crippen molar-refractivity contribution >= 4 is 0 Å². The Morgan fingerprint density at radius 3 is 2.92 bits per heavy atom. The molecule has 4 nitrogen and oxygen atoms in total. The lowest BCUT2D eigenvalue weighted by Crippen LogP contribution is -2.43. The van der Waals surface area contributed by atoms with Gasteiger partial charge in [-0.2, -0.15) is 0 Å². The number of ether oxygens (including phenoxy) is 2. The fraction of sp³-hybridized carbons (Fsp3) is 1.00. The second-order valence-electron chi connectivity index (χ2n) is 3.43. The van der Waals surface area contributed by atoms with Crippen LogP contribution in [0.4, 0.5) is 0 Å². The van der Waals surface area contributed by atoms with E-state index in [0.29, 0.717) is 6.04 Å². The summed E-state index contributed by atoms with van der Waals surface area (Å²) in [6, 6.07) is 0.482. The summed E-state index contributed by atoms with van der Waals surface area (Å²) in [5.41, 5.74) is 0. The Morgan fingerprint density at radius 1 is 1.46 bits per heavy atom. The molecule has 0 aromatic carbocycles. The Kier molecular flexibility index (Phi) is 5.31. The number of hydrogen-bond acceptors (Lipinski definition) is 4. The van der Waals surface area contributed by atoms with Crippen molar-refractivity contribution in [3.05, 3.63) is 0 Å². The van der Waals surface area contributed by atoms with Gasteiger partial charge < -0.3 is 20.1 Å². The van der Waals surface area contributed by atoms with Crippen molar-refractivity contribution in [1.82, 2.24) is 10.6 Å². The van der Waals surface area contributed by atoms with Gasteiger partial charge in [-0.25, -0.2) is 0 Å². The molecular weight excluding hydrogens is 168 g/mol. The first-order chi connectivity index (χ1) is 6.33. The molecule has 0 amide bonds. The lowest BCUT2D eigenvalue weighted by molar-refractivity contribution is -0.0869. The van der Waals surface area contributed by atoms with Gasteiger partial charge in [0, 0.05) is 19.1 Å². The van der Waals surface area contributed by atoms with Crippen LogP contribution in [-0.2, 0) is 9.47 Å². The quantitative estimate of drug-likeness (QED) is 0.616. The fourth-order valence-corrected chi connectivity index (χ4v) is 1.37. The molecule has 2 N–H and O–H groups in total. The van der Waals surface area contributed by atoms with E-state index in [9.17, 15) is 0 Å². The molecule has 0 bridgehead atoms. The minimum Gasteiger partial charge on any atom is -0.376 e. The van der Waals surface area contributed by atoms with Crippen molar-refractivity contribution in [3.8, 4) is 0 Å². The SMILES string of the molecule is CNCC(C)NCC1COCCO1. The van der Waals surface area contributed by atoms with Crippen LogP contribution in [0.2, 0.25) is 0 Å². The highest BCUT2D eigenvalue weighted by molar-refractivity contribution is 4.69. The van der Waals surface area contributed by atoms with E-state index in [4.69, 9.17) is 9.47 Å². The summed E-state index contributed by atoms with van der Waals surface area (Å²) >= 11 is 0. The van der Waals surface area contributed by atoms with Gasteiger partial charge in [0.2, 0.25) is 0 Å². The Bertz CT molecular complexity index is 127. The van der Waals surface area contributed by atoms with Crippen LogP contribution in [0.5, 0.6) is 0 Å². The molecule has 2 unspecified atom stereocenters. The van der Waals surface area contributed by atoms with Crippen LogP contribution in [0, 0.1) is 0 Å². The smallest absolute Gasteiger partial charge is 0.0933 e. The molecule has 13 heavy (non-hydrogen) atoms.